The van der Waals surface area contributed by atoms with E-state index in [9.17, 15) is 4.79 Å². The van der Waals surface area contributed by atoms with E-state index < -0.39 is 0 Å². The Bertz CT molecular complexity index is 1240. The van der Waals surface area contributed by atoms with Crippen molar-refractivity contribution in [3.63, 3.8) is 0 Å². The van der Waals surface area contributed by atoms with Crippen molar-refractivity contribution in [2.45, 2.75) is 6.92 Å². The van der Waals surface area contributed by atoms with Crippen LogP contribution in [0.1, 0.15) is 5.56 Å². The van der Waals surface area contributed by atoms with Crippen molar-refractivity contribution in [2.75, 3.05) is 23.0 Å². The van der Waals surface area contributed by atoms with Crippen molar-refractivity contribution in [2.24, 2.45) is 0 Å². The zero-order chi connectivity index (χ0) is 21.3. The molecule has 2 aromatic carbocycles. The number of nitrogens with one attached hydrogen (secondary N) is 2. The van der Waals surface area contributed by atoms with E-state index >= 15 is 0 Å². The number of anilines is 4. The number of H-pyrrole nitrogens is 1. The molecule has 4 N–H and O–H groups in total. The van der Waals surface area contributed by atoms with Gasteiger partial charge in [0.1, 0.15) is 17.3 Å². The van der Waals surface area contributed by atoms with Gasteiger partial charge in [-0.2, -0.15) is 0 Å². The van der Waals surface area contributed by atoms with Crippen LogP contribution < -0.4 is 20.7 Å². The lowest BCUT2D eigenvalue weighted by molar-refractivity contribution is -0.107. The third kappa shape index (κ3) is 3.85. The number of fused-ring (bicyclic) bond motifs is 1. The lowest BCUT2D eigenvalue weighted by Gasteiger charge is -2.12. The Balaban J connectivity index is 1.61. The summed E-state index contributed by atoms with van der Waals surface area (Å²) in [5.74, 6) is 2.30. The van der Waals surface area contributed by atoms with Gasteiger partial charge in [0.05, 0.1) is 21.7 Å². The molecule has 0 saturated carbocycles. The monoisotopic (exact) mass is 422 g/mol. The number of aryl methyl sites for hydroxylation is 1. The van der Waals surface area contributed by atoms with E-state index in [-0.39, 0.29) is 0 Å². The van der Waals surface area contributed by atoms with Crippen LogP contribution in [0.2, 0.25) is 5.02 Å². The summed E-state index contributed by atoms with van der Waals surface area (Å²) in [6.45, 7) is 1.93. The highest BCUT2D eigenvalue weighted by atomic mass is 35.5. The molecule has 8 nitrogen and oxygen atoms in total. The highest BCUT2D eigenvalue weighted by Gasteiger charge is 2.12. The molecule has 30 heavy (non-hydrogen) atoms. The summed E-state index contributed by atoms with van der Waals surface area (Å²) in [4.78, 5) is 24.4. The van der Waals surface area contributed by atoms with E-state index in [1.54, 1.807) is 37.5 Å². The molecule has 0 unspecified atom stereocenters. The SMILES string of the molecule is Cc1c(Oc2ccnc(N(C)C=O)c2)ccc2[nH]c(Nc3ccc(Cl)c(N)c3)nc12. The number of rotatable bonds is 6. The van der Waals surface area contributed by atoms with Crippen LogP contribution in [0.3, 0.4) is 0 Å². The zero-order valence-corrected chi connectivity index (χ0v) is 17.1. The maximum Gasteiger partial charge on any atom is 0.215 e. The van der Waals surface area contributed by atoms with E-state index in [0.29, 0.717) is 40.4 Å². The third-order valence-electron chi connectivity index (χ3n) is 4.58. The zero-order valence-electron chi connectivity index (χ0n) is 16.3. The fourth-order valence-corrected chi connectivity index (χ4v) is 3.08. The molecule has 0 fully saturated rings. The van der Waals surface area contributed by atoms with Crippen LogP contribution in [-0.4, -0.2) is 28.4 Å². The molecule has 0 saturated heterocycles. The van der Waals surface area contributed by atoms with Crippen molar-refractivity contribution >= 4 is 52.2 Å². The molecular weight excluding hydrogens is 404 g/mol. The molecule has 0 aliphatic carbocycles. The maximum atomic E-state index is 11.0. The van der Waals surface area contributed by atoms with E-state index in [1.807, 2.05) is 25.1 Å². The molecular formula is C21H19ClN6O2. The Kier molecular flexibility index (Phi) is 5.16. The van der Waals surface area contributed by atoms with Gasteiger partial charge in [0.25, 0.3) is 0 Å². The number of ether oxygens (including phenoxy) is 1. The number of hydrogen-bond acceptors (Lipinski definition) is 6. The molecule has 0 atom stereocenters. The summed E-state index contributed by atoms with van der Waals surface area (Å²) >= 11 is 5.97. The number of nitrogens with zero attached hydrogens (tertiary/aromatic N) is 3. The minimum atomic E-state index is 0.488. The smallest absolute Gasteiger partial charge is 0.215 e. The van der Waals surface area contributed by atoms with Crippen LogP contribution >= 0.6 is 11.6 Å². The summed E-state index contributed by atoms with van der Waals surface area (Å²) in [6, 6.07) is 12.5. The quantitative estimate of drug-likeness (QED) is 0.308. The first-order valence-electron chi connectivity index (χ1n) is 9.08. The molecule has 4 rings (SSSR count). The topological polar surface area (TPSA) is 109 Å². The number of amides is 1. The number of nitrogen functional groups attached to an aromatic ring is 1. The highest BCUT2D eigenvalue weighted by Crippen LogP contribution is 2.32. The standard InChI is InChI=1S/C21H19ClN6O2/c1-12-18(30-14-7-8-24-19(10-14)28(2)11-29)6-5-17-20(12)27-21(26-17)25-13-3-4-15(22)16(23)9-13/h3-11H,23H2,1-2H3,(H2,25,26,27). The van der Waals surface area contributed by atoms with Crippen molar-refractivity contribution < 1.29 is 9.53 Å². The lowest BCUT2D eigenvalue weighted by Crippen LogP contribution is -2.14. The molecule has 152 valence electrons. The van der Waals surface area contributed by atoms with Crippen LogP contribution in [0.4, 0.5) is 23.1 Å². The Morgan fingerprint density at radius 2 is 2.07 bits per heavy atom. The van der Waals surface area contributed by atoms with Crippen LogP contribution in [0.15, 0.2) is 48.7 Å². The minimum Gasteiger partial charge on any atom is -0.457 e. The van der Waals surface area contributed by atoms with Crippen LogP contribution in [0.25, 0.3) is 11.0 Å². The first kappa shape index (κ1) is 19.5. The Labute approximate surface area is 177 Å². The van der Waals surface area contributed by atoms with Crippen molar-refractivity contribution in [3.05, 3.63) is 59.2 Å². The second kappa shape index (κ2) is 7.92. The number of carbonyl (C=O) groups is 1. The highest BCUT2D eigenvalue weighted by molar-refractivity contribution is 6.33. The van der Waals surface area contributed by atoms with E-state index in [2.05, 4.69) is 20.3 Å². The average molecular weight is 423 g/mol. The molecule has 0 aliphatic rings. The van der Waals surface area contributed by atoms with E-state index in [4.69, 9.17) is 22.1 Å². The van der Waals surface area contributed by atoms with Crippen LogP contribution in [-0.2, 0) is 4.79 Å². The summed E-state index contributed by atoms with van der Waals surface area (Å²) in [5, 5.41) is 3.69. The largest absolute Gasteiger partial charge is 0.457 e. The number of benzene rings is 2. The average Bonchev–Trinajstić information content (AvgIpc) is 3.16. The molecule has 0 spiro atoms. The van der Waals surface area contributed by atoms with Gasteiger partial charge in [-0.05, 0) is 43.3 Å². The molecule has 4 aromatic rings. The molecule has 0 radical (unpaired) electrons. The molecule has 1 amide bonds. The number of imidazole rings is 1. The van der Waals surface area contributed by atoms with Gasteiger partial charge < -0.3 is 25.7 Å². The summed E-state index contributed by atoms with van der Waals surface area (Å²) in [5.41, 5.74) is 9.62. The van der Waals surface area contributed by atoms with Gasteiger partial charge in [-0.1, -0.05) is 11.6 Å². The Morgan fingerprint density at radius 3 is 2.83 bits per heavy atom. The molecule has 2 heterocycles. The Hall–Kier alpha value is -3.78. The maximum absolute atomic E-state index is 11.0. The number of halogens is 1. The summed E-state index contributed by atoms with van der Waals surface area (Å²) in [6.07, 6.45) is 2.28. The number of nitrogens with two attached hydrogens (primary N) is 1. The lowest BCUT2D eigenvalue weighted by atomic mass is 10.2. The number of pyridine rings is 1. The van der Waals surface area contributed by atoms with Crippen molar-refractivity contribution in [1.82, 2.24) is 15.0 Å². The van der Waals surface area contributed by atoms with Crippen LogP contribution in [0, 0.1) is 6.92 Å². The van der Waals surface area contributed by atoms with Crippen molar-refractivity contribution in [3.8, 4) is 11.5 Å². The normalized spacial score (nSPS) is 10.8. The predicted molar refractivity (Wildman–Crippen MR) is 119 cm³/mol. The van der Waals surface area contributed by atoms with Crippen molar-refractivity contribution in [1.29, 1.82) is 0 Å². The first-order chi connectivity index (χ1) is 14.4. The Morgan fingerprint density at radius 1 is 1.23 bits per heavy atom. The van der Waals surface area contributed by atoms with Gasteiger partial charge >= 0.3 is 0 Å². The van der Waals surface area contributed by atoms with E-state index in [0.717, 1.165) is 22.3 Å². The van der Waals surface area contributed by atoms with Gasteiger partial charge in [0.15, 0.2) is 0 Å². The molecule has 9 heteroatoms. The van der Waals surface area contributed by atoms with Gasteiger partial charge in [-0.3, -0.25) is 4.79 Å². The van der Waals surface area contributed by atoms with Gasteiger partial charge in [0, 0.05) is 30.6 Å². The first-order valence-corrected chi connectivity index (χ1v) is 9.46. The van der Waals surface area contributed by atoms with Gasteiger partial charge in [0.2, 0.25) is 12.4 Å². The predicted octanol–water partition coefficient (Wildman–Crippen LogP) is 4.63. The number of aromatic amines is 1. The van der Waals surface area contributed by atoms with E-state index in [1.165, 1.54) is 4.90 Å². The number of hydrogen-bond donors (Lipinski definition) is 3. The second-order valence-electron chi connectivity index (χ2n) is 6.70. The summed E-state index contributed by atoms with van der Waals surface area (Å²) < 4.78 is 6.02. The van der Waals surface area contributed by atoms with Gasteiger partial charge in [-0.15, -0.1) is 0 Å². The summed E-state index contributed by atoms with van der Waals surface area (Å²) in [7, 11) is 1.63. The molecule has 2 aromatic heterocycles. The number of carbonyl (C=O) groups excluding carboxylic acids is 1. The molecule has 0 aliphatic heterocycles. The fourth-order valence-electron chi connectivity index (χ4n) is 2.96. The minimum absolute atomic E-state index is 0.488. The van der Waals surface area contributed by atoms with Crippen LogP contribution in [0.5, 0.6) is 11.5 Å². The second-order valence-corrected chi connectivity index (χ2v) is 7.11. The number of aromatic nitrogens is 3. The molecule has 0 bridgehead atoms. The fraction of sp³-hybridized carbons (Fsp3) is 0.0952. The third-order valence-corrected chi connectivity index (χ3v) is 4.93. The van der Waals surface area contributed by atoms with Gasteiger partial charge in [-0.25, -0.2) is 9.97 Å².